The number of rotatable bonds is 8. The van der Waals surface area contributed by atoms with Crippen molar-refractivity contribution in [3.63, 3.8) is 0 Å². The molecule has 2 amide bonds. The third kappa shape index (κ3) is 5.80. The van der Waals surface area contributed by atoms with Crippen LogP contribution in [0.3, 0.4) is 0 Å². The maximum atomic E-state index is 12.1. The molecule has 3 aromatic rings. The van der Waals surface area contributed by atoms with E-state index < -0.39 is 0 Å². The Kier molecular flexibility index (Phi) is 6.78. The summed E-state index contributed by atoms with van der Waals surface area (Å²) in [4.78, 5) is 28.1. The van der Waals surface area contributed by atoms with Crippen molar-refractivity contribution in [3.8, 4) is 11.5 Å². The van der Waals surface area contributed by atoms with E-state index in [0.717, 1.165) is 5.56 Å². The minimum absolute atomic E-state index is 0.111. The lowest BCUT2D eigenvalue weighted by atomic mass is 10.2. The van der Waals surface area contributed by atoms with Crippen LogP contribution in [0.2, 0.25) is 0 Å². The van der Waals surface area contributed by atoms with Crippen molar-refractivity contribution in [2.75, 3.05) is 19.0 Å². The van der Waals surface area contributed by atoms with E-state index in [-0.39, 0.29) is 18.4 Å². The van der Waals surface area contributed by atoms with Gasteiger partial charge in [-0.25, -0.2) is 0 Å². The number of nitrogens with one attached hydrogen (secondary N) is 2. The van der Waals surface area contributed by atoms with E-state index in [0.29, 0.717) is 29.3 Å². The molecule has 0 saturated carbocycles. The highest BCUT2D eigenvalue weighted by molar-refractivity contribution is 6.04. The van der Waals surface area contributed by atoms with Crippen molar-refractivity contribution in [1.29, 1.82) is 0 Å². The number of hydrogen-bond donors (Lipinski definition) is 2. The highest BCUT2D eigenvalue weighted by atomic mass is 16.5. The van der Waals surface area contributed by atoms with Crippen LogP contribution in [0.25, 0.3) is 0 Å². The van der Waals surface area contributed by atoms with Crippen LogP contribution in [0, 0.1) is 0 Å². The number of methoxy groups -OCH3 is 1. The van der Waals surface area contributed by atoms with Crippen LogP contribution in [0.5, 0.6) is 11.5 Å². The average Bonchev–Trinajstić information content (AvgIpc) is 2.78. The molecular formula is C22H21N3O4. The van der Waals surface area contributed by atoms with Gasteiger partial charge in [0.1, 0.15) is 0 Å². The normalized spacial score (nSPS) is 10.1. The molecule has 7 heteroatoms. The number of anilines is 1. The fourth-order valence-corrected chi connectivity index (χ4v) is 2.54. The number of ether oxygens (including phenoxy) is 2. The Labute approximate surface area is 168 Å². The molecule has 1 aromatic heterocycles. The van der Waals surface area contributed by atoms with Gasteiger partial charge in [0.15, 0.2) is 18.1 Å². The summed E-state index contributed by atoms with van der Waals surface area (Å²) in [6.45, 7) is 0.241. The molecule has 2 N–H and O–H groups in total. The molecule has 0 saturated heterocycles. The number of para-hydroxylation sites is 2. The Morgan fingerprint density at radius 2 is 1.72 bits per heavy atom. The van der Waals surface area contributed by atoms with Crippen LogP contribution in [0.1, 0.15) is 15.9 Å². The predicted octanol–water partition coefficient (Wildman–Crippen LogP) is 3.04. The molecule has 0 fully saturated rings. The van der Waals surface area contributed by atoms with E-state index in [2.05, 4.69) is 15.6 Å². The highest BCUT2D eigenvalue weighted by Gasteiger charge is 2.08. The zero-order chi connectivity index (χ0) is 20.5. The lowest BCUT2D eigenvalue weighted by molar-refractivity contribution is -0.123. The second kappa shape index (κ2) is 9.89. The second-order valence-electron chi connectivity index (χ2n) is 6.11. The molecule has 29 heavy (non-hydrogen) atoms. The van der Waals surface area contributed by atoms with Crippen LogP contribution in [-0.2, 0) is 11.3 Å². The van der Waals surface area contributed by atoms with Crippen molar-refractivity contribution in [2.24, 2.45) is 0 Å². The molecule has 0 bridgehead atoms. The van der Waals surface area contributed by atoms with Gasteiger partial charge >= 0.3 is 0 Å². The Balaban J connectivity index is 1.46. The third-order valence-electron chi connectivity index (χ3n) is 4.05. The molecule has 1 heterocycles. The first-order chi connectivity index (χ1) is 14.2. The third-order valence-corrected chi connectivity index (χ3v) is 4.05. The van der Waals surface area contributed by atoms with E-state index in [4.69, 9.17) is 9.47 Å². The largest absolute Gasteiger partial charge is 0.493 e. The van der Waals surface area contributed by atoms with Crippen LogP contribution in [-0.4, -0.2) is 30.5 Å². The molecule has 0 unspecified atom stereocenters. The summed E-state index contributed by atoms with van der Waals surface area (Å²) < 4.78 is 10.7. The quantitative estimate of drug-likeness (QED) is 0.616. The van der Waals surface area contributed by atoms with Crippen molar-refractivity contribution in [1.82, 2.24) is 10.3 Å². The van der Waals surface area contributed by atoms with E-state index in [1.807, 2.05) is 24.3 Å². The number of benzene rings is 2. The predicted molar refractivity (Wildman–Crippen MR) is 109 cm³/mol. The molecule has 0 aliphatic rings. The first-order valence-corrected chi connectivity index (χ1v) is 8.98. The van der Waals surface area contributed by atoms with Gasteiger partial charge in [-0.2, -0.15) is 0 Å². The first kappa shape index (κ1) is 19.9. The van der Waals surface area contributed by atoms with Gasteiger partial charge in [0.25, 0.3) is 11.8 Å². The van der Waals surface area contributed by atoms with E-state index in [9.17, 15) is 9.59 Å². The first-order valence-electron chi connectivity index (χ1n) is 8.98. The molecule has 3 rings (SSSR count). The summed E-state index contributed by atoms with van der Waals surface area (Å²) >= 11 is 0. The molecule has 148 valence electrons. The van der Waals surface area contributed by atoms with Gasteiger partial charge in [-0.05, 0) is 42.0 Å². The molecule has 0 aliphatic carbocycles. The second-order valence-corrected chi connectivity index (χ2v) is 6.11. The zero-order valence-electron chi connectivity index (χ0n) is 15.9. The number of nitrogens with zero attached hydrogens (tertiary/aromatic N) is 1. The number of pyridine rings is 1. The Morgan fingerprint density at radius 3 is 2.41 bits per heavy atom. The average molecular weight is 391 g/mol. The number of carbonyl (C=O) groups is 2. The van der Waals surface area contributed by atoms with E-state index >= 15 is 0 Å². The minimum Gasteiger partial charge on any atom is -0.493 e. The number of carbonyl (C=O) groups excluding carboxylic acids is 2. The SMILES string of the molecule is COc1ccccc1OCC(=O)NCc1ccc(NC(=O)c2cccnc2)cc1. The van der Waals surface area contributed by atoms with Crippen molar-refractivity contribution < 1.29 is 19.1 Å². The monoisotopic (exact) mass is 391 g/mol. The molecule has 0 aliphatic heterocycles. The lowest BCUT2D eigenvalue weighted by Gasteiger charge is -2.11. The van der Waals surface area contributed by atoms with Gasteiger partial charge in [-0.3, -0.25) is 14.6 Å². The molecule has 0 atom stereocenters. The fraction of sp³-hybridized carbons (Fsp3) is 0.136. The molecule has 2 aromatic carbocycles. The van der Waals surface area contributed by atoms with Gasteiger partial charge < -0.3 is 20.1 Å². The molecular weight excluding hydrogens is 370 g/mol. The summed E-state index contributed by atoms with van der Waals surface area (Å²) in [5.41, 5.74) is 2.04. The Bertz CT molecular complexity index is 959. The number of aromatic nitrogens is 1. The summed E-state index contributed by atoms with van der Waals surface area (Å²) in [6, 6.07) is 17.8. The summed E-state index contributed by atoms with van der Waals surface area (Å²) in [5, 5.41) is 5.59. The number of amides is 2. The fourth-order valence-electron chi connectivity index (χ4n) is 2.54. The summed E-state index contributed by atoms with van der Waals surface area (Å²) in [7, 11) is 1.55. The standard InChI is InChI=1S/C22H21N3O4/c1-28-19-6-2-3-7-20(19)29-15-21(26)24-13-16-8-10-18(11-9-16)25-22(27)17-5-4-12-23-14-17/h2-12,14H,13,15H2,1H3,(H,24,26)(H,25,27). The highest BCUT2D eigenvalue weighted by Crippen LogP contribution is 2.25. The minimum atomic E-state index is -0.245. The maximum absolute atomic E-state index is 12.1. The summed E-state index contributed by atoms with van der Waals surface area (Å²) in [5.74, 6) is 0.612. The zero-order valence-corrected chi connectivity index (χ0v) is 15.9. The van der Waals surface area contributed by atoms with Crippen molar-refractivity contribution >= 4 is 17.5 Å². The van der Waals surface area contributed by atoms with Crippen molar-refractivity contribution in [2.45, 2.75) is 6.54 Å². The van der Waals surface area contributed by atoms with Gasteiger partial charge in [-0.1, -0.05) is 24.3 Å². The van der Waals surface area contributed by atoms with Gasteiger partial charge in [0, 0.05) is 24.6 Å². The van der Waals surface area contributed by atoms with E-state index in [1.54, 1.807) is 49.7 Å². The van der Waals surface area contributed by atoms with Gasteiger partial charge in [0.2, 0.25) is 0 Å². The van der Waals surface area contributed by atoms with Crippen LogP contribution >= 0.6 is 0 Å². The maximum Gasteiger partial charge on any atom is 0.258 e. The van der Waals surface area contributed by atoms with Crippen LogP contribution in [0.4, 0.5) is 5.69 Å². The topological polar surface area (TPSA) is 89.5 Å². The van der Waals surface area contributed by atoms with Crippen LogP contribution in [0.15, 0.2) is 73.1 Å². The van der Waals surface area contributed by atoms with Crippen LogP contribution < -0.4 is 20.1 Å². The lowest BCUT2D eigenvalue weighted by Crippen LogP contribution is -2.28. The summed E-state index contributed by atoms with van der Waals surface area (Å²) in [6.07, 6.45) is 3.12. The smallest absolute Gasteiger partial charge is 0.258 e. The molecule has 0 radical (unpaired) electrons. The molecule has 7 nitrogen and oxygen atoms in total. The van der Waals surface area contributed by atoms with E-state index in [1.165, 1.54) is 6.20 Å². The van der Waals surface area contributed by atoms with Gasteiger partial charge in [0.05, 0.1) is 12.7 Å². The van der Waals surface area contributed by atoms with Crippen molar-refractivity contribution in [3.05, 3.63) is 84.2 Å². The number of hydrogen-bond acceptors (Lipinski definition) is 5. The Hall–Kier alpha value is -3.87. The Morgan fingerprint density at radius 1 is 0.966 bits per heavy atom. The molecule has 0 spiro atoms. The van der Waals surface area contributed by atoms with Gasteiger partial charge in [-0.15, -0.1) is 0 Å².